The van der Waals surface area contributed by atoms with Crippen LogP contribution >= 0.6 is 0 Å². The van der Waals surface area contributed by atoms with Gasteiger partial charge in [-0.3, -0.25) is 4.90 Å². The van der Waals surface area contributed by atoms with Crippen molar-refractivity contribution in [2.24, 2.45) is 0 Å². The van der Waals surface area contributed by atoms with Gasteiger partial charge in [-0.1, -0.05) is 18.2 Å². The Morgan fingerprint density at radius 2 is 2.27 bits per heavy atom. The van der Waals surface area contributed by atoms with Gasteiger partial charge in [-0.25, -0.2) is 9.18 Å². The van der Waals surface area contributed by atoms with Gasteiger partial charge in [0.1, 0.15) is 12.7 Å². The first-order valence-electron chi connectivity index (χ1n) is 7.39. The van der Waals surface area contributed by atoms with Gasteiger partial charge in [-0.2, -0.15) is 0 Å². The predicted octanol–water partition coefficient (Wildman–Crippen LogP) is 3.83. The lowest BCUT2D eigenvalue weighted by Crippen LogP contribution is -2.24. The maximum Gasteiger partial charge on any atom is 0.414 e. The van der Waals surface area contributed by atoms with E-state index in [4.69, 9.17) is 9.47 Å². The molecule has 0 saturated carbocycles. The Kier molecular flexibility index (Phi) is 4.13. The number of allylic oxidation sites excluding steroid dienone is 2. The van der Waals surface area contributed by atoms with Crippen molar-refractivity contribution >= 4 is 11.8 Å². The zero-order valence-corrected chi connectivity index (χ0v) is 12.4. The molecule has 1 aliphatic carbocycles. The van der Waals surface area contributed by atoms with Crippen molar-refractivity contribution in [2.45, 2.75) is 25.9 Å². The molecule has 0 N–H and O–H groups in total. The normalized spacial score (nSPS) is 20.8. The molecule has 4 nitrogen and oxygen atoms in total. The number of cyclic esters (lactones) is 1. The number of anilines is 1. The van der Waals surface area contributed by atoms with Crippen molar-refractivity contribution in [3.8, 4) is 5.75 Å². The summed E-state index contributed by atoms with van der Waals surface area (Å²) in [4.78, 5) is 13.1. The van der Waals surface area contributed by atoms with E-state index in [1.807, 2.05) is 6.08 Å². The van der Waals surface area contributed by atoms with Gasteiger partial charge in [-0.15, -0.1) is 0 Å². The van der Waals surface area contributed by atoms with Crippen molar-refractivity contribution in [2.75, 3.05) is 18.1 Å². The Morgan fingerprint density at radius 1 is 1.41 bits per heavy atom. The summed E-state index contributed by atoms with van der Waals surface area (Å²) < 4.78 is 24.7. The lowest BCUT2D eigenvalue weighted by molar-refractivity contribution is 0.150. The van der Waals surface area contributed by atoms with Crippen LogP contribution < -0.4 is 9.64 Å². The van der Waals surface area contributed by atoms with Crippen molar-refractivity contribution in [3.05, 3.63) is 47.8 Å². The van der Waals surface area contributed by atoms with E-state index in [0.717, 1.165) is 18.4 Å². The van der Waals surface area contributed by atoms with Crippen LogP contribution in [0.15, 0.2) is 42.0 Å². The van der Waals surface area contributed by atoms with Gasteiger partial charge in [0.2, 0.25) is 0 Å². The van der Waals surface area contributed by atoms with E-state index < -0.39 is 11.9 Å². The molecule has 116 valence electrons. The largest absolute Gasteiger partial charge is 0.486 e. The lowest BCUT2D eigenvalue weighted by atomic mass is 10.1. The third kappa shape index (κ3) is 3.13. The molecule has 0 aromatic heterocycles. The van der Waals surface area contributed by atoms with E-state index >= 15 is 0 Å². The highest BCUT2D eigenvalue weighted by molar-refractivity contribution is 5.89. The Labute approximate surface area is 128 Å². The maximum atomic E-state index is 14.1. The van der Waals surface area contributed by atoms with E-state index in [-0.39, 0.29) is 11.9 Å². The molecule has 0 radical (unpaired) electrons. The van der Waals surface area contributed by atoms with Crippen LogP contribution in [0, 0.1) is 5.82 Å². The molecule has 1 aromatic carbocycles. The van der Waals surface area contributed by atoms with Crippen LogP contribution in [0.25, 0.3) is 0 Å². The molecule has 5 heteroatoms. The number of amides is 1. The summed E-state index contributed by atoms with van der Waals surface area (Å²) in [5.41, 5.74) is 1.53. The minimum Gasteiger partial charge on any atom is -0.486 e. The molecule has 1 atom stereocenters. The van der Waals surface area contributed by atoms with Crippen molar-refractivity contribution in [3.63, 3.8) is 0 Å². The second-order valence-corrected chi connectivity index (χ2v) is 5.47. The number of halogens is 1. The van der Waals surface area contributed by atoms with Crippen LogP contribution in [0.4, 0.5) is 14.9 Å². The first kappa shape index (κ1) is 14.6. The average Bonchev–Trinajstić information content (AvgIpc) is 2.86. The third-order valence-electron chi connectivity index (χ3n) is 3.66. The highest BCUT2D eigenvalue weighted by Gasteiger charge is 2.29. The van der Waals surface area contributed by atoms with Gasteiger partial charge in [0.05, 0.1) is 12.2 Å². The Morgan fingerprint density at radius 3 is 2.91 bits per heavy atom. The zero-order valence-electron chi connectivity index (χ0n) is 12.4. The number of ether oxygens (including phenoxy) is 2. The molecule has 1 aromatic rings. The first-order chi connectivity index (χ1) is 10.6. The molecular weight excluding hydrogens is 285 g/mol. The van der Waals surface area contributed by atoms with Gasteiger partial charge < -0.3 is 9.47 Å². The standard InChI is InChI=1S/C17H18FNO3/c1-12-10-19(17(20)22-12)14-7-8-16(15(18)9-14)21-11-13-5-3-2-4-6-13/h3,5-9,12H,2,4,10-11H2,1H3. The third-order valence-corrected chi connectivity index (χ3v) is 3.66. The SMILES string of the molecule is CC1CN(c2ccc(OCC3=CCCC=C3)c(F)c2)C(=O)O1. The molecule has 0 bridgehead atoms. The van der Waals surface area contributed by atoms with E-state index in [0.29, 0.717) is 18.8 Å². The quantitative estimate of drug-likeness (QED) is 0.848. The van der Waals surface area contributed by atoms with E-state index in [1.165, 1.54) is 11.0 Å². The number of rotatable bonds is 4. The molecule has 0 spiro atoms. The van der Waals surface area contributed by atoms with Crippen LogP contribution in [-0.2, 0) is 4.74 Å². The average molecular weight is 303 g/mol. The maximum absolute atomic E-state index is 14.1. The summed E-state index contributed by atoms with van der Waals surface area (Å²) in [6.45, 7) is 2.57. The Hall–Kier alpha value is -2.30. The fourth-order valence-corrected chi connectivity index (χ4v) is 2.53. The molecule has 22 heavy (non-hydrogen) atoms. The molecule has 1 unspecified atom stereocenters. The fraction of sp³-hybridized carbons (Fsp3) is 0.353. The monoisotopic (exact) mass is 303 g/mol. The van der Waals surface area contributed by atoms with Crippen LogP contribution in [0.1, 0.15) is 19.8 Å². The highest BCUT2D eigenvalue weighted by Crippen LogP contribution is 2.27. The summed E-state index contributed by atoms with van der Waals surface area (Å²) in [5.74, 6) is -0.297. The minimum atomic E-state index is -0.481. The molecular formula is C17H18FNO3. The van der Waals surface area contributed by atoms with Crippen molar-refractivity contribution < 1.29 is 18.7 Å². The second kappa shape index (κ2) is 6.22. The van der Waals surface area contributed by atoms with Gasteiger partial charge in [-0.05, 0) is 37.5 Å². The molecule has 1 aliphatic heterocycles. The summed E-state index contributed by atoms with van der Waals surface area (Å²) in [5, 5.41) is 0. The van der Waals surface area contributed by atoms with Crippen LogP contribution in [0.5, 0.6) is 5.75 Å². The molecule has 3 rings (SSSR count). The summed E-state index contributed by atoms with van der Waals surface area (Å²) in [7, 11) is 0. The topological polar surface area (TPSA) is 38.8 Å². The van der Waals surface area contributed by atoms with Gasteiger partial charge in [0, 0.05) is 6.07 Å². The minimum absolute atomic E-state index is 0.184. The summed E-state index contributed by atoms with van der Waals surface area (Å²) in [6.07, 6.45) is 7.57. The first-order valence-corrected chi connectivity index (χ1v) is 7.39. The highest BCUT2D eigenvalue weighted by atomic mass is 19.1. The second-order valence-electron chi connectivity index (χ2n) is 5.47. The van der Waals surface area contributed by atoms with E-state index in [2.05, 4.69) is 12.2 Å². The van der Waals surface area contributed by atoms with Crippen molar-refractivity contribution in [1.82, 2.24) is 0 Å². The van der Waals surface area contributed by atoms with Crippen molar-refractivity contribution in [1.29, 1.82) is 0 Å². The molecule has 1 saturated heterocycles. The van der Waals surface area contributed by atoms with E-state index in [9.17, 15) is 9.18 Å². The fourth-order valence-electron chi connectivity index (χ4n) is 2.53. The Bertz CT molecular complexity index is 639. The number of hydrogen-bond acceptors (Lipinski definition) is 3. The summed E-state index contributed by atoms with van der Waals surface area (Å²) >= 11 is 0. The Balaban J connectivity index is 1.68. The van der Waals surface area contributed by atoms with Crippen LogP contribution in [0.3, 0.4) is 0 Å². The van der Waals surface area contributed by atoms with Crippen LogP contribution in [0.2, 0.25) is 0 Å². The van der Waals surface area contributed by atoms with E-state index in [1.54, 1.807) is 19.1 Å². The lowest BCUT2D eigenvalue weighted by Gasteiger charge is -2.15. The van der Waals surface area contributed by atoms with Gasteiger partial charge >= 0.3 is 6.09 Å². The number of benzene rings is 1. The molecule has 1 fully saturated rings. The van der Waals surface area contributed by atoms with Gasteiger partial charge in [0.15, 0.2) is 11.6 Å². The molecule has 2 aliphatic rings. The zero-order chi connectivity index (χ0) is 15.5. The number of nitrogens with zero attached hydrogens (tertiary/aromatic N) is 1. The van der Waals surface area contributed by atoms with Gasteiger partial charge in [0.25, 0.3) is 0 Å². The number of hydrogen-bond donors (Lipinski definition) is 0. The predicted molar refractivity (Wildman–Crippen MR) is 81.6 cm³/mol. The number of carbonyl (C=O) groups is 1. The molecule has 1 heterocycles. The number of carbonyl (C=O) groups excluding carboxylic acids is 1. The summed E-state index contributed by atoms with van der Waals surface area (Å²) in [6, 6.07) is 4.52. The smallest absolute Gasteiger partial charge is 0.414 e. The molecule has 1 amide bonds. The van der Waals surface area contributed by atoms with Crippen LogP contribution in [-0.4, -0.2) is 25.3 Å².